The van der Waals surface area contributed by atoms with E-state index in [0.717, 1.165) is 18.1 Å². The summed E-state index contributed by atoms with van der Waals surface area (Å²) in [7, 11) is 0. The molecule has 16 heavy (non-hydrogen) atoms. The molecule has 2 unspecified atom stereocenters. The predicted molar refractivity (Wildman–Crippen MR) is 73.2 cm³/mol. The lowest BCUT2D eigenvalue weighted by Gasteiger charge is -2.29. The largest absolute Gasteiger partial charge is 0.352 e. The Kier molecular flexibility index (Phi) is 8.24. The van der Waals surface area contributed by atoms with Gasteiger partial charge in [-0.25, -0.2) is 0 Å². The van der Waals surface area contributed by atoms with Gasteiger partial charge >= 0.3 is 0 Å². The summed E-state index contributed by atoms with van der Waals surface area (Å²) in [5, 5.41) is 3.75. The van der Waals surface area contributed by atoms with Crippen molar-refractivity contribution in [2.45, 2.75) is 56.9 Å². The second-order valence-electron chi connectivity index (χ2n) is 4.24. The summed E-state index contributed by atoms with van der Waals surface area (Å²) in [5.74, 6) is 1.15. The Hall–Kier alpha value is 0.0700. The van der Waals surface area contributed by atoms with Gasteiger partial charge in [0.05, 0.1) is 6.04 Å². The van der Waals surface area contributed by atoms with E-state index in [2.05, 4.69) is 12.2 Å². The molecule has 1 saturated carbocycles. The molecule has 3 nitrogen and oxygen atoms in total. The van der Waals surface area contributed by atoms with Crippen LogP contribution < -0.4 is 11.1 Å². The fourth-order valence-electron chi connectivity index (χ4n) is 2.00. The number of nitrogens with one attached hydrogen (secondary N) is 1. The van der Waals surface area contributed by atoms with E-state index >= 15 is 0 Å². The maximum Gasteiger partial charge on any atom is 0.236 e. The highest BCUT2D eigenvalue weighted by Crippen LogP contribution is 2.28. The average molecular weight is 267 g/mol. The van der Waals surface area contributed by atoms with E-state index < -0.39 is 0 Å². The zero-order chi connectivity index (χ0) is 11.3. The fraction of sp³-hybridized carbons (Fsp3) is 0.909. The number of hydrogen-bond donors (Lipinski definition) is 2. The molecule has 1 rings (SSSR count). The van der Waals surface area contributed by atoms with Gasteiger partial charge in [-0.05, 0) is 31.9 Å². The first-order valence-corrected chi connectivity index (χ1v) is 6.86. The highest BCUT2D eigenvalue weighted by Gasteiger charge is 2.23. The smallest absolute Gasteiger partial charge is 0.236 e. The van der Waals surface area contributed by atoms with Crippen LogP contribution in [-0.2, 0) is 4.79 Å². The normalized spacial score (nSPS) is 26.7. The Morgan fingerprint density at radius 3 is 2.81 bits per heavy atom. The quantitative estimate of drug-likeness (QED) is 0.818. The highest BCUT2D eigenvalue weighted by molar-refractivity contribution is 7.99. The number of amides is 1. The van der Waals surface area contributed by atoms with E-state index in [9.17, 15) is 4.79 Å². The molecule has 1 fully saturated rings. The van der Waals surface area contributed by atoms with Crippen molar-refractivity contribution >= 4 is 30.1 Å². The molecule has 3 N–H and O–H groups in total. The first-order valence-electron chi connectivity index (χ1n) is 5.81. The highest BCUT2D eigenvalue weighted by atomic mass is 35.5. The Balaban J connectivity index is 0.00000225. The lowest BCUT2D eigenvalue weighted by atomic mass is 9.95. The van der Waals surface area contributed by atoms with Crippen LogP contribution in [0.25, 0.3) is 0 Å². The Morgan fingerprint density at radius 1 is 1.56 bits per heavy atom. The topological polar surface area (TPSA) is 55.1 Å². The van der Waals surface area contributed by atoms with Crippen molar-refractivity contribution in [3.8, 4) is 0 Å². The molecule has 3 atom stereocenters. The minimum absolute atomic E-state index is 0. The van der Waals surface area contributed by atoms with Crippen LogP contribution in [0.1, 0.15) is 39.5 Å². The van der Waals surface area contributed by atoms with Gasteiger partial charge in [-0.1, -0.05) is 13.3 Å². The second-order valence-corrected chi connectivity index (χ2v) is 5.82. The minimum Gasteiger partial charge on any atom is -0.352 e. The summed E-state index contributed by atoms with van der Waals surface area (Å²) in [6.07, 6.45) is 4.74. The van der Waals surface area contributed by atoms with E-state index in [0.29, 0.717) is 6.04 Å². The molecule has 0 aliphatic heterocycles. The van der Waals surface area contributed by atoms with Gasteiger partial charge in [-0.2, -0.15) is 11.8 Å². The molecule has 1 aliphatic carbocycles. The van der Waals surface area contributed by atoms with Crippen LogP contribution in [0.5, 0.6) is 0 Å². The molecule has 5 heteroatoms. The van der Waals surface area contributed by atoms with Crippen molar-refractivity contribution in [1.82, 2.24) is 5.32 Å². The molecular weight excluding hydrogens is 244 g/mol. The van der Waals surface area contributed by atoms with Gasteiger partial charge in [0.2, 0.25) is 5.91 Å². The second kappa shape index (κ2) is 8.20. The van der Waals surface area contributed by atoms with Crippen LogP contribution in [0.2, 0.25) is 0 Å². The number of carbonyl (C=O) groups is 1. The van der Waals surface area contributed by atoms with Gasteiger partial charge in [-0.15, -0.1) is 12.4 Å². The van der Waals surface area contributed by atoms with Crippen molar-refractivity contribution in [3.63, 3.8) is 0 Å². The summed E-state index contributed by atoms with van der Waals surface area (Å²) < 4.78 is 0. The van der Waals surface area contributed by atoms with Crippen molar-refractivity contribution in [3.05, 3.63) is 0 Å². The molecule has 1 aliphatic rings. The van der Waals surface area contributed by atoms with Gasteiger partial charge in [-0.3, -0.25) is 4.79 Å². The lowest BCUT2D eigenvalue weighted by molar-refractivity contribution is -0.122. The summed E-state index contributed by atoms with van der Waals surface area (Å²) >= 11 is 2.01. The molecular formula is C11H23ClN2OS. The van der Waals surface area contributed by atoms with Crippen LogP contribution in [-0.4, -0.2) is 29.0 Å². The van der Waals surface area contributed by atoms with E-state index in [-0.39, 0.29) is 24.4 Å². The molecule has 0 aromatic rings. The zero-order valence-electron chi connectivity index (χ0n) is 10.1. The summed E-state index contributed by atoms with van der Waals surface area (Å²) in [6, 6.07) is -0.0366. The number of hydrogen-bond acceptors (Lipinski definition) is 3. The number of halogens is 1. The van der Waals surface area contributed by atoms with Crippen LogP contribution in [0, 0.1) is 0 Å². The van der Waals surface area contributed by atoms with E-state index in [4.69, 9.17) is 5.73 Å². The number of carbonyl (C=O) groups excluding carboxylic acids is 1. The third-order valence-electron chi connectivity index (χ3n) is 2.79. The van der Waals surface area contributed by atoms with Gasteiger partial charge in [0.1, 0.15) is 0 Å². The summed E-state index contributed by atoms with van der Waals surface area (Å²) in [5.41, 5.74) is 5.53. The number of nitrogens with two attached hydrogens (primary N) is 1. The van der Waals surface area contributed by atoms with E-state index in [1.54, 1.807) is 6.92 Å². The van der Waals surface area contributed by atoms with Crippen molar-refractivity contribution in [1.29, 1.82) is 0 Å². The molecule has 0 aromatic carbocycles. The number of thioether (sulfide) groups is 1. The predicted octanol–water partition coefficient (Wildman–Crippen LogP) is 1.94. The maximum absolute atomic E-state index is 11.4. The first kappa shape index (κ1) is 16.1. The molecule has 0 spiro atoms. The first-order chi connectivity index (χ1) is 7.13. The summed E-state index contributed by atoms with van der Waals surface area (Å²) in [6.45, 7) is 3.92. The van der Waals surface area contributed by atoms with Crippen LogP contribution in [0.15, 0.2) is 0 Å². The molecule has 0 bridgehead atoms. The summed E-state index contributed by atoms with van der Waals surface area (Å²) in [4.78, 5) is 11.4. The standard InChI is InChI=1S/C11H22N2OS.ClH/c1-3-15-10-6-4-5-9(7-10)13-11(14)8(2)12;/h8-10H,3-7,12H2,1-2H3,(H,13,14);1H/t8-,9?,10?;/m1./s1. The van der Waals surface area contributed by atoms with E-state index in [1.165, 1.54) is 18.6 Å². The monoisotopic (exact) mass is 266 g/mol. The zero-order valence-corrected chi connectivity index (χ0v) is 11.7. The Labute approximate surface area is 109 Å². The molecule has 0 saturated heterocycles. The molecule has 96 valence electrons. The van der Waals surface area contributed by atoms with Gasteiger partial charge < -0.3 is 11.1 Å². The lowest BCUT2D eigenvalue weighted by Crippen LogP contribution is -2.45. The van der Waals surface area contributed by atoms with Crippen molar-refractivity contribution in [2.75, 3.05) is 5.75 Å². The average Bonchev–Trinajstić information content (AvgIpc) is 2.18. The molecule has 1 amide bonds. The molecule has 0 aromatic heterocycles. The third kappa shape index (κ3) is 5.41. The van der Waals surface area contributed by atoms with Crippen molar-refractivity contribution in [2.24, 2.45) is 5.73 Å². The Bertz CT molecular complexity index is 212. The van der Waals surface area contributed by atoms with Gasteiger partial charge in [0.25, 0.3) is 0 Å². The maximum atomic E-state index is 11.4. The number of rotatable bonds is 4. The molecule has 0 heterocycles. The van der Waals surface area contributed by atoms with Crippen LogP contribution >= 0.6 is 24.2 Å². The van der Waals surface area contributed by atoms with Gasteiger partial charge in [0, 0.05) is 11.3 Å². The van der Waals surface area contributed by atoms with E-state index in [1.807, 2.05) is 11.8 Å². The SMILES string of the molecule is CCSC1CCCC(NC(=O)[C@@H](C)N)C1.Cl. The minimum atomic E-state index is -0.385. The van der Waals surface area contributed by atoms with Crippen molar-refractivity contribution < 1.29 is 4.79 Å². The Morgan fingerprint density at radius 2 is 2.25 bits per heavy atom. The fourth-order valence-corrected chi connectivity index (χ4v) is 3.17. The van der Waals surface area contributed by atoms with Crippen LogP contribution in [0.3, 0.4) is 0 Å². The van der Waals surface area contributed by atoms with Gasteiger partial charge in [0.15, 0.2) is 0 Å². The van der Waals surface area contributed by atoms with Crippen LogP contribution in [0.4, 0.5) is 0 Å². The molecule has 0 radical (unpaired) electrons. The third-order valence-corrected chi connectivity index (χ3v) is 4.02.